The number of carboxylic acid groups (broad SMARTS) is 1. The van der Waals surface area contributed by atoms with E-state index in [4.69, 9.17) is 5.11 Å². The van der Waals surface area contributed by atoms with Crippen LogP contribution in [-0.2, 0) is 4.79 Å². The Morgan fingerprint density at radius 3 is 2.40 bits per heavy atom. The van der Waals surface area contributed by atoms with E-state index in [2.05, 4.69) is 29.4 Å². The number of urea groups is 1. The summed E-state index contributed by atoms with van der Waals surface area (Å²) >= 11 is 1.56. The van der Waals surface area contributed by atoms with Crippen LogP contribution in [0.25, 0.3) is 0 Å². The van der Waals surface area contributed by atoms with Crippen molar-refractivity contribution in [3.05, 3.63) is 0 Å². The lowest BCUT2D eigenvalue weighted by molar-refractivity contribution is -0.139. The predicted octanol–water partition coefficient (Wildman–Crippen LogP) is 1.08. The van der Waals surface area contributed by atoms with Crippen molar-refractivity contribution in [1.82, 2.24) is 15.5 Å². The first-order valence-electron chi connectivity index (χ1n) is 6.59. The van der Waals surface area contributed by atoms with Crippen LogP contribution in [0.5, 0.6) is 0 Å². The van der Waals surface area contributed by atoms with Gasteiger partial charge in [-0.05, 0) is 37.9 Å². The molecule has 20 heavy (non-hydrogen) atoms. The predicted molar refractivity (Wildman–Crippen MR) is 83.3 cm³/mol. The van der Waals surface area contributed by atoms with E-state index in [0.717, 1.165) is 6.54 Å². The molecule has 0 spiro atoms. The van der Waals surface area contributed by atoms with Crippen LogP contribution in [0.1, 0.15) is 20.3 Å². The maximum Gasteiger partial charge on any atom is 0.326 e. The van der Waals surface area contributed by atoms with Gasteiger partial charge in [0.05, 0.1) is 0 Å². The van der Waals surface area contributed by atoms with Crippen LogP contribution in [0.3, 0.4) is 0 Å². The molecule has 0 saturated carbocycles. The molecule has 0 aliphatic rings. The second-order valence-corrected chi connectivity index (χ2v) is 6.89. The molecule has 0 fully saturated rings. The van der Waals surface area contributed by atoms with Gasteiger partial charge < -0.3 is 20.6 Å². The van der Waals surface area contributed by atoms with Crippen molar-refractivity contribution >= 4 is 23.8 Å². The van der Waals surface area contributed by atoms with E-state index >= 15 is 0 Å². The third-order valence-corrected chi connectivity index (χ3v) is 3.33. The first kappa shape index (κ1) is 19.1. The lowest BCUT2D eigenvalue weighted by atomic mass is 9.93. The zero-order valence-corrected chi connectivity index (χ0v) is 13.8. The Labute approximate surface area is 125 Å². The first-order valence-corrected chi connectivity index (χ1v) is 7.98. The molecule has 0 heterocycles. The zero-order valence-electron chi connectivity index (χ0n) is 13.0. The number of carbonyl (C=O) groups excluding carboxylic acids is 1. The molecule has 0 aliphatic heterocycles. The summed E-state index contributed by atoms with van der Waals surface area (Å²) in [5.41, 5.74) is -0.0706. The molecule has 0 bridgehead atoms. The molecule has 3 N–H and O–H groups in total. The summed E-state index contributed by atoms with van der Waals surface area (Å²) in [5.74, 6) is -0.301. The zero-order chi connectivity index (χ0) is 15.8. The molecule has 0 rings (SSSR count). The van der Waals surface area contributed by atoms with Crippen molar-refractivity contribution in [2.45, 2.75) is 26.3 Å². The molecular formula is C13H27N3O3S. The average Bonchev–Trinajstić information content (AvgIpc) is 2.30. The van der Waals surface area contributed by atoms with Crippen molar-refractivity contribution in [3.63, 3.8) is 0 Å². The molecule has 0 unspecified atom stereocenters. The van der Waals surface area contributed by atoms with E-state index in [1.807, 2.05) is 20.4 Å². The fourth-order valence-corrected chi connectivity index (χ4v) is 2.41. The fourth-order valence-electron chi connectivity index (χ4n) is 1.93. The van der Waals surface area contributed by atoms with Gasteiger partial charge in [-0.15, -0.1) is 0 Å². The van der Waals surface area contributed by atoms with Crippen LogP contribution in [-0.4, -0.2) is 67.2 Å². The second kappa shape index (κ2) is 9.07. The molecule has 1 atom stereocenters. The number of hydrogen-bond donors (Lipinski definition) is 3. The molecule has 0 radical (unpaired) electrons. The second-order valence-electron chi connectivity index (χ2n) is 5.90. The van der Waals surface area contributed by atoms with Gasteiger partial charge in [-0.2, -0.15) is 11.8 Å². The van der Waals surface area contributed by atoms with E-state index in [9.17, 15) is 9.59 Å². The van der Waals surface area contributed by atoms with Gasteiger partial charge in [0.25, 0.3) is 0 Å². The van der Waals surface area contributed by atoms with Gasteiger partial charge in [-0.25, -0.2) is 9.59 Å². The van der Waals surface area contributed by atoms with E-state index in [1.54, 1.807) is 11.8 Å². The number of hydrogen-bond acceptors (Lipinski definition) is 4. The highest BCUT2D eigenvalue weighted by atomic mass is 32.2. The highest BCUT2D eigenvalue weighted by Gasteiger charge is 2.22. The molecule has 118 valence electrons. The Morgan fingerprint density at radius 2 is 1.95 bits per heavy atom. The number of nitrogens with one attached hydrogen (secondary N) is 2. The highest BCUT2D eigenvalue weighted by Crippen LogP contribution is 2.13. The van der Waals surface area contributed by atoms with Crippen LogP contribution >= 0.6 is 11.8 Å². The Hall–Kier alpha value is -0.950. The smallest absolute Gasteiger partial charge is 0.326 e. The molecule has 7 heteroatoms. The number of amides is 2. The molecule has 6 nitrogen and oxygen atoms in total. The van der Waals surface area contributed by atoms with E-state index in [0.29, 0.717) is 18.7 Å². The van der Waals surface area contributed by atoms with Crippen molar-refractivity contribution in [1.29, 1.82) is 0 Å². The summed E-state index contributed by atoms with van der Waals surface area (Å²) in [6.07, 6.45) is 2.33. The van der Waals surface area contributed by atoms with E-state index < -0.39 is 18.0 Å². The standard InChI is InChI=1S/C13H27N3O3S/c1-13(2,9-16(3)4)8-14-12(19)15-10(11(17)18)6-7-20-5/h10H,6-9H2,1-5H3,(H,17,18)(H2,14,15,19)/t10-/m0/s1. The largest absolute Gasteiger partial charge is 0.480 e. The number of thioether (sulfide) groups is 1. The van der Waals surface area contributed by atoms with Crippen LogP contribution in [0.15, 0.2) is 0 Å². The number of aliphatic carboxylic acids is 1. The van der Waals surface area contributed by atoms with Crippen molar-refractivity contribution < 1.29 is 14.7 Å². The van der Waals surface area contributed by atoms with Gasteiger partial charge in [-0.1, -0.05) is 13.8 Å². The van der Waals surface area contributed by atoms with Gasteiger partial charge in [0.1, 0.15) is 6.04 Å². The Balaban J connectivity index is 4.22. The Kier molecular flexibility index (Phi) is 8.64. The molecule has 0 aromatic rings. The molecule has 2 amide bonds. The maximum atomic E-state index is 11.7. The summed E-state index contributed by atoms with van der Waals surface area (Å²) in [4.78, 5) is 24.8. The van der Waals surface area contributed by atoms with Crippen molar-refractivity contribution in [2.24, 2.45) is 5.41 Å². The van der Waals surface area contributed by atoms with Gasteiger partial charge in [0, 0.05) is 13.1 Å². The minimum atomic E-state index is -0.998. The topological polar surface area (TPSA) is 81.7 Å². The van der Waals surface area contributed by atoms with Crippen molar-refractivity contribution in [2.75, 3.05) is 39.2 Å². The Morgan fingerprint density at radius 1 is 1.35 bits per heavy atom. The quantitative estimate of drug-likeness (QED) is 0.594. The van der Waals surface area contributed by atoms with Crippen LogP contribution in [0, 0.1) is 5.41 Å². The van der Waals surface area contributed by atoms with Gasteiger partial charge in [0.2, 0.25) is 0 Å². The molecule has 0 saturated heterocycles. The number of rotatable bonds is 9. The number of nitrogens with zero attached hydrogens (tertiary/aromatic N) is 1. The fraction of sp³-hybridized carbons (Fsp3) is 0.846. The highest BCUT2D eigenvalue weighted by molar-refractivity contribution is 7.98. The lowest BCUT2D eigenvalue weighted by Gasteiger charge is -2.28. The molecule has 0 aliphatic carbocycles. The minimum absolute atomic E-state index is 0.0706. The van der Waals surface area contributed by atoms with Gasteiger partial charge >= 0.3 is 12.0 Å². The van der Waals surface area contributed by atoms with E-state index in [1.165, 1.54) is 0 Å². The average molecular weight is 305 g/mol. The van der Waals surface area contributed by atoms with Crippen LogP contribution in [0.4, 0.5) is 4.79 Å². The van der Waals surface area contributed by atoms with Crippen LogP contribution < -0.4 is 10.6 Å². The third kappa shape index (κ3) is 9.03. The van der Waals surface area contributed by atoms with E-state index in [-0.39, 0.29) is 5.41 Å². The molecular weight excluding hydrogens is 278 g/mol. The summed E-state index contributed by atoms with van der Waals surface area (Å²) in [6.45, 7) is 5.43. The monoisotopic (exact) mass is 305 g/mol. The molecule has 0 aromatic heterocycles. The lowest BCUT2D eigenvalue weighted by Crippen LogP contribution is -2.49. The molecule has 0 aromatic carbocycles. The van der Waals surface area contributed by atoms with Gasteiger partial charge in [-0.3, -0.25) is 0 Å². The summed E-state index contributed by atoms with van der Waals surface area (Å²) in [7, 11) is 3.95. The minimum Gasteiger partial charge on any atom is -0.480 e. The normalized spacial score (nSPS) is 13.1. The maximum absolute atomic E-state index is 11.7. The summed E-state index contributed by atoms with van der Waals surface area (Å²) in [5, 5.41) is 14.3. The van der Waals surface area contributed by atoms with Crippen LogP contribution in [0.2, 0.25) is 0 Å². The first-order chi connectivity index (χ1) is 9.18. The third-order valence-electron chi connectivity index (χ3n) is 2.69. The number of carbonyl (C=O) groups is 2. The van der Waals surface area contributed by atoms with Gasteiger partial charge in [0.15, 0.2) is 0 Å². The van der Waals surface area contributed by atoms with Crippen molar-refractivity contribution in [3.8, 4) is 0 Å². The Bertz CT molecular complexity index is 322. The SMILES string of the molecule is CSCC[C@H](NC(=O)NCC(C)(C)CN(C)C)C(=O)O. The summed E-state index contributed by atoms with van der Waals surface area (Å²) < 4.78 is 0. The summed E-state index contributed by atoms with van der Waals surface area (Å²) in [6, 6.07) is -1.26. The number of carboxylic acids is 1.